The minimum Gasteiger partial charge on any atom is -0.264 e. The summed E-state index contributed by atoms with van der Waals surface area (Å²) in [6, 6.07) is 25.4. The molecule has 196 valence electrons. The molecule has 0 aliphatic carbocycles. The highest BCUT2D eigenvalue weighted by Crippen LogP contribution is 2.21. The number of rotatable bonds is 16. The Morgan fingerprint density at radius 3 is 1.11 bits per heavy atom. The van der Waals surface area contributed by atoms with Crippen molar-refractivity contribution in [1.29, 1.82) is 0 Å². The van der Waals surface area contributed by atoms with Crippen molar-refractivity contribution in [2.24, 2.45) is 10.2 Å². The highest BCUT2D eigenvalue weighted by molar-refractivity contribution is 5.42. The van der Waals surface area contributed by atoms with Gasteiger partial charge in [-0.25, -0.2) is 0 Å². The molecule has 0 bridgehead atoms. The van der Waals surface area contributed by atoms with Crippen molar-refractivity contribution in [3.63, 3.8) is 0 Å². The molecule has 0 aliphatic heterocycles. The van der Waals surface area contributed by atoms with E-state index < -0.39 is 0 Å². The van der Waals surface area contributed by atoms with Crippen molar-refractivity contribution in [2.45, 2.75) is 77.0 Å². The molecule has 4 nitrogen and oxygen atoms in total. The molecule has 0 unspecified atom stereocenters. The van der Waals surface area contributed by atoms with Crippen LogP contribution in [0.15, 0.2) is 108 Å². The van der Waals surface area contributed by atoms with Gasteiger partial charge >= 0.3 is 0 Å². The number of hydrogen-bond donors (Lipinski definition) is 0. The van der Waals surface area contributed by atoms with Crippen LogP contribution < -0.4 is 0 Å². The fourth-order valence-corrected chi connectivity index (χ4v) is 4.69. The van der Waals surface area contributed by atoms with Gasteiger partial charge in [0.25, 0.3) is 0 Å². The number of azo groups is 1. The molecule has 0 aliphatic rings. The maximum Gasteiger partial charge on any atom is 0.0857 e. The fourth-order valence-electron chi connectivity index (χ4n) is 4.69. The summed E-state index contributed by atoms with van der Waals surface area (Å²) in [6.07, 6.45) is 22.1. The first-order chi connectivity index (χ1) is 18.8. The van der Waals surface area contributed by atoms with Crippen LogP contribution in [0.5, 0.6) is 0 Å². The van der Waals surface area contributed by atoms with E-state index in [1.807, 2.05) is 36.9 Å². The van der Waals surface area contributed by atoms with Gasteiger partial charge < -0.3 is 0 Å². The van der Waals surface area contributed by atoms with Crippen LogP contribution >= 0.6 is 0 Å². The predicted octanol–water partition coefficient (Wildman–Crippen LogP) is 9.58. The number of aryl methyl sites for hydroxylation is 4. The summed E-state index contributed by atoms with van der Waals surface area (Å²) in [4.78, 5) is 8.38. The first kappa shape index (κ1) is 27.4. The lowest BCUT2D eigenvalue weighted by molar-refractivity contribution is 0.640. The smallest absolute Gasteiger partial charge is 0.0857 e. The van der Waals surface area contributed by atoms with Gasteiger partial charge in [-0.3, -0.25) is 9.97 Å². The average molecular weight is 505 g/mol. The Balaban J connectivity index is 1.08. The van der Waals surface area contributed by atoms with E-state index in [2.05, 4.69) is 80.9 Å². The third-order valence-corrected chi connectivity index (χ3v) is 6.96. The van der Waals surface area contributed by atoms with Gasteiger partial charge in [0, 0.05) is 24.8 Å². The molecule has 2 aromatic carbocycles. The summed E-state index contributed by atoms with van der Waals surface area (Å²) in [6.45, 7) is 0. The number of nitrogens with zero attached hydrogens (tertiary/aromatic N) is 4. The molecule has 2 heterocycles. The summed E-state index contributed by atoms with van der Waals surface area (Å²) < 4.78 is 0. The molecule has 0 fully saturated rings. The minimum absolute atomic E-state index is 0.903. The minimum atomic E-state index is 0.903. The summed E-state index contributed by atoms with van der Waals surface area (Å²) in [5, 5.41) is 8.87. The number of unbranched alkanes of at least 4 members (excludes halogenated alkanes) is 6. The van der Waals surface area contributed by atoms with E-state index in [9.17, 15) is 0 Å². The van der Waals surface area contributed by atoms with Crippen LogP contribution in [0.1, 0.15) is 73.6 Å². The maximum absolute atomic E-state index is 4.43. The van der Waals surface area contributed by atoms with Crippen LogP contribution in [-0.4, -0.2) is 9.97 Å². The molecule has 0 N–H and O–H groups in total. The molecule has 0 saturated carbocycles. The van der Waals surface area contributed by atoms with E-state index in [1.54, 1.807) is 0 Å². The Kier molecular flexibility index (Phi) is 11.7. The molecule has 0 amide bonds. The third kappa shape index (κ3) is 10.4. The van der Waals surface area contributed by atoms with Crippen molar-refractivity contribution >= 4 is 11.4 Å². The summed E-state index contributed by atoms with van der Waals surface area (Å²) in [5.74, 6) is 0. The van der Waals surface area contributed by atoms with Gasteiger partial charge in [-0.15, -0.1) is 0 Å². The molecule has 4 aromatic rings. The Morgan fingerprint density at radius 1 is 0.395 bits per heavy atom. The molecular formula is C34H40N4. The second-order valence-electron chi connectivity index (χ2n) is 10.1. The van der Waals surface area contributed by atoms with Gasteiger partial charge in [-0.2, -0.15) is 10.2 Å². The van der Waals surface area contributed by atoms with Gasteiger partial charge in [0.2, 0.25) is 0 Å². The first-order valence-corrected chi connectivity index (χ1v) is 14.2. The lowest BCUT2D eigenvalue weighted by atomic mass is 10.0. The predicted molar refractivity (Wildman–Crippen MR) is 157 cm³/mol. The quantitative estimate of drug-likeness (QED) is 0.113. The highest BCUT2D eigenvalue weighted by Gasteiger charge is 1.99. The van der Waals surface area contributed by atoms with E-state index in [-0.39, 0.29) is 0 Å². The molecule has 0 atom stereocenters. The average Bonchev–Trinajstić information content (AvgIpc) is 2.98. The van der Waals surface area contributed by atoms with Crippen molar-refractivity contribution < 1.29 is 0 Å². The number of pyridine rings is 2. The third-order valence-electron chi connectivity index (χ3n) is 6.96. The van der Waals surface area contributed by atoms with Crippen LogP contribution in [0.4, 0.5) is 11.4 Å². The molecule has 0 spiro atoms. The summed E-state index contributed by atoms with van der Waals surface area (Å²) in [5.41, 5.74) is 7.23. The SMILES string of the molecule is c1cncc(CCCCCCc2ccc(N=Nc3ccc(CCCCCCc4cccnc4)cc3)cc2)c1. The van der Waals surface area contributed by atoms with Crippen molar-refractivity contribution in [2.75, 3.05) is 0 Å². The standard InChI is InChI=1S/C34H40N4/c1(3-7-13-31-15-9-25-35-27-31)5-11-29-17-21-33(22-18-29)37-38-34-23-19-30(20-24-34)12-6-2-4-8-14-32-16-10-26-36-28-32/h9-10,15-28H,1-8,11-14H2. The first-order valence-electron chi connectivity index (χ1n) is 14.2. The normalized spacial score (nSPS) is 11.3. The van der Waals surface area contributed by atoms with Crippen molar-refractivity contribution in [3.05, 3.63) is 120 Å². The Morgan fingerprint density at radius 2 is 0.763 bits per heavy atom. The molecule has 2 aromatic heterocycles. The summed E-state index contributed by atoms with van der Waals surface area (Å²) in [7, 11) is 0. The monoisotopic (exact) mass is 504 g/mol. The second-order valence-corrected chi connectivity index (χ2v) is 10.1. The zero-order valence-electron chi connectivity index (χ0n) is 22.5. The Labute approximate surface area is 228 Å². The molecular weight excluding hydrogens is 464 g/mol. The van der Waals surface area contributed by atoms with Gasteiger partial charge in [-0.05, 0) is 110 Å². The lowest BCUT2D eigenvalue weighted by Crippen LogP contribution is -1.89. The zero-order valence-corrected chi connectivity index (χ0v) is 22.5. The molecule has 4 heteroatoms. The lowest BCUT2D eigenvalue weighted by Gasteiger charge is -2.04. The highest BCUT2D eigenvalue weighted by atomic mass is 15.1. The van der Waals surface area contributed by atoms with E-state index in [0.717, 1.165) is 37.1 Å². The van der Waals surface area contributed by atoms with Gasteiger partial charge in [-0.1, -0.05) is 62.1 Å². The topological polar surface area (TPSA) is 50.5 Å². The van der Waals surface area contributed by atoms with Crippen LogP contribution in [0.25, 0.3) is 0 Å². The largest absolute Gasteiger partial charge is 0.264 e. The van der Waals surface area contributed by atoms with Gasteiger partial charge in [0.05, 0.1) is 11.4 Å². The number of hydrogen-bond acceptors (Lipinski definition) is 4. The van der Waals surface area contributed by atoms with Crippen molar-refractivity contribution in [3.8, 4) is 0 Å². The van der Waals surface area contributed by atoms with Crippen LogP contribution in [0.2, 0.25) is 0 Å². The molecule has 0 radical (unpaired) electrons. The van der Waals surface area contributed by atoms with E-state index >= 15 is 0 Å². The Hall–Kier alpha value is -3.66. The van der Waals surface area contributed by atoms with Gasteiger partial charge in [0.1, 0.15) is 0 Å². The maximum atomic E-state index is 4.43. The molecule has 4 rings (SSSR count). The van der Waals surface area contributed by atoms with Crippen LogP contribution in [0.3, 0.4) is 0 Å². The second kappa shape index (κ2) is 16.2. The van der Waals surface area contributed by atoms with Crippen molar-refractivity contribution in [1.82, 2.24) is 9.97 Å². The summed E-state index contributed by atoms with van der Waals surface area (Å²) >= 11 is 0. The number of benzene rings is 2. The number of aromatic nitrogens is 2. The molecule has 38 heavy (non-hydrogen) atoms. The van der Waals surface area contributed by atoms with Gasteiger partial charge in [0.15, 0.2) is 0 Å². The molecule has 0 saturated heterocycles. The van der Waals surface area contributed by atoms with Crippen LogP contribution in [0, 0.1) is 0 Å². The van der Waals surface area contributed by atoms with Crippen LogP contribution in [-0.2, 0) is 25.7 Å². The zero-order chi connectivity index (χ0) is 26.1. The van der Waals surface area contributed by atoms with E-state index in [0.29, 0.717) is 0 Å². The fraction of sp³-hybridized carbons (Fsp3) is 0.353. The van der Waals surface area contributed by atoms with E-state index in [1.165, 1.54) is 73.6 Å². The Bertz CT molecular complexity index is 1090. The van der Waals surface area contributed by atoms with E-state index in [4.69, 9.17) is 0 Å².